The van der Waals surface area contributed by atoms with Gasteiger partial charge in [0.25, 0.3) is 5.91 Å². The Morgan fingerprint density at radius 2 is 2.18 bits per heavy atom. The Kier molecular flexibility index (Phi) is 4.07. The van der Waals surface area contributed by atoms with Gasteiger partial charge >= 0.3 is 0 Å². The largest absolute Gasteiger partial charge is 0.399 e. The Morgan fingerprint density at radius 3 is 2.65 bits per heavy atom. The number of halogens is 1. The molecule has 94 valence electrons. The van der Waals surface area contributed by atoms with E-state index in [1.165, 1.54) is 6.07 Å². The number of nitrogen functional groups attached to an aromatic ring is 1. The number of anilines is 1. The van der Waals surface area contributed by atoms with Crippen molar-refractivity contribution in [3.8, 4) is 0 Å². The van der Waals surface area contributed by atoms with Gasteiger partial charge in [-0.15, -0.1) is 0 Å². The maximum Gasteiger partial charge on any atom is 0.251 e. The highest BCUT2D eigenvalue weighted by Crippen LogP contribution is 2.13. The summed E-state index contributed by atoms with van der Waals surface area (Å²) in [6.07, 6.45) is 0.569. The highest BCUT2D eigenvalue weighted by molar-refractivity contribution is 5.95. The van der Waals surface area contributed by atoms with Crippen molar-refractivity contribution < 1.29 is 14.3 Å². The Labute approximate surface area is 99.6 Å². The second-order valence-corrected chi connectivity index (χ2v) is 4.30. The molecule has 0 saturated heterocycles. The van der Waals surface area contributed by atoms with Gasteiger partial charge in [-0.2, -0.15) is 0 Å². The van der Waals surface area contributed by atoms with Crippen LogP contribution in [0.1, 0.15) is 30.6 Å². The van der Waals surface area contributed by atoms with Crippen LogP contribution in [0.4, 0.5) is 10.1 Å². The van der Waals surface area contributed by atoms with Gasteiger partial charge in [0, 0.05) is 11.3 Å². The molecular formula is C12H17FN2O2. The average Bonchev–Trinajstić information content (AvgIpc) is 2.27. The summed E-state index contributed by atoms with van der Waals surface area (Å²) in [4.78, 5) is 11.8. The molecule has 1 aromatic carbocycles. The fraction of sp³-hybridized carbons (Fsp3) is 0.417. The van der Waals surface area contributed by atoms with Crippen LogP contribution in [0.15, 0.2) is 18.2 Å². The molecular weight excluding hydrogens is 223 g/mol. The molecule has 1 unspecified atom stereocenters. The Balaban J connectivity index is 2.90. The Bertz CT molecular complexity index is 397. The summed E-state index contributed by atoms with van der Waals surface area (Å²) in [5.41, 5.74) is 5.09. The molecule has 0 bridgehead atoms. The first-order valence-corrected chi connectivity index (χ1v) is 5.39. The third-order valence-corrected chi connectivity index (χ3v) is 2.73. The molecule has 0 aliphatic carbocycles. The number of nitrogens with one attached hydrogen (secondary N) is 1. The van der Waals surface area contributed by atoms with Crippen LogP contribution in [0.3, 0.4) is 0 Å². The molecule has 1 rings (SSSR count). The predicted octanol–water partition coefficient (Wildman–Crippen LogP) is 1.30. The molecule has 1 amide bonds. The second-order valence-electron chi connectivity index (χ2n) is 4.30. The molecule has 4 nitrogen and oxygen atoms in total. The maximum absolute atomic E-state index is 13.1. The number of aliphatic hydroxyl groups is 1. The van der Waals surface area contributed by atoms with Crippen LogP contribution in [0, 0.1) is 5.82 Å². The van der Waals surface area contributed by atoms with E-state index in [1.54, 1.807) is 6.92 Å². The number of amides is 1. The van der Waals surface area contributed by atoms with Gasteiger partial charge in [0.15, 0.2) is 0 Å². The van der Waals surface area contributed by atoms with Gasteiger partial charge in [0.05, 0.1) is 12.1 Å². The van der Waals surface area contributed by atoms with Crippen molar-refractivity contribution in [1.29, 1.82) is 0 Å². The van der Waals surface area contributed by atoms with Crippen molar-refractivity contribution in [2.75, 3.05) is 12.3 Å². The summed E-state index contributed by atoms with van der Waals surface area (Å²) < 4.78 is 13.1. The first kappa shape index (κ1) is 13.4. The molecule has 0 saturated carbocycles. The second kappa shape index (κ2) is 5.14. The third kappa shape index (κ3) is 3.42. The van der Waals surface area contributed by atoms with Crippen molar-refractivity contribution in [2.45, 2.75) is 25.8 Å². The molecule has 1 atom stereocenters. The number of hydrogen-bond acceptors (Lipinski definition) is 3. The van der Waals surface area contributed by atoms with Crippen molar-refractivity contribution in [3.05, 3.63) is 29.6 Å². The number of rotatable bonds is 4. The van der Waals surface area contributed by atoms with Crippen LogP contribution in [0.5, 0.6) is 0 Å². The van der Waals surface area contributed by atoms with Gasteiger partial charge in [0.2, 0.25) is 0 Å². The first-order valence-electron chi connectivity index (χ1n) is 5.39. The van der Waals surface area contributed by atoms with Crippen LogP contribution in [0.2, 0.25) is 0 Å². The van der Waals surface area contributed by atoms with E-state index in [2.05, 4.69) is 5.32 Å². The molecule has 1 aromatic rings. The van der Waals surface area contributed by atoms with E-state index in [0.717, 1.165) is 12.1 Å². The molecule has 0 spiro atoms. The summed E-state index contributed by atoms with van der Waals surface area (Å²) >= 11 is 0. The number of nitrogens with two attached hydrogens (primary N) is 1. The van der Waals surface area contributed by atoms with E-state index in [9.17, 15) is 14.3 Å². The number of carbonyl (C=O) groups excluding carboxylic acids is 1. The van der Waals surface area contributed by atoms with Gasteiger partial charge in [-0.25, -0.2) is 4.39 Å². The fourth-order valence-electron chi connectivity index (χ4n) is 1.33. The zero-order chi connectivity index (χ0) is 13.1. The summed E-state index contributed by atoms with van der Waals surface area (Å²) in [7, 11) is 0. The molecule has 0 fully saturated rings. The van der Waals surface area contributed by atoms with E-state index in [1.807, 2.05) is 6.92 Å². The monoisotopic (exact) mass is 240 g/mol. The lowest BCUT2D eigenvalue weighted by atomic mass is 9.99. The van der Waals surface area contributed by atoms with E-state index < -0.39 is 17.3 Å². The predicted molar refractivity (Wildman–Crippen MR) is 64.1 cm³/mol. The lowest BCUT2D eigenvalue weighted by Crippen LogP contribution is -2.48. The highest BCUT2D eigenvalue weighted by atomic mass is 19.1. The quantitative estimate of drug-likeness (QED) is 0.694. The van der Waals surface area contributed by atoms with E-state index >= 15 is 0 Å². The van der Waals surface area contributed by atoms with E-state index in [0.29, 0.717) is 6.42 Å². The molecule has 17 heavy (non-hydrogen) atoms. The van der Waals surface area contributed by atoms with Crippen molar-refractivity contribution in [3.63, 3.8) is 0 Å². The van der Waals surface area contributed by atoms with E-state index in [-0.39, 0.29) is 17.9 Å². The number of carbonyl (C=O) groups is 1. The summed E-state index contributed by atoms with van der Waals surface area (Å²) in [5, 5.41) is 11.8. The normalized spacial score (nSPS) is 14.1. The minimum Gasteiger partial charge on any atom is -0.399 e. The Hall–Kier alpha value is -1.62. The summed E-state index contributed by atoms with van der Waals surface area (Å²) in [5.74, 6) is -1.01. The van der Waals surface area contributed by atoms with Crippen LogP contribution in [-0.2, 0) is 0 Å². The average molecular weight is 240 g/mol. The van der Waals surface area contributed by atoms with Crippen molar-refractivity contribution in [2.24, 2.45) is 0 Å². The lowest BCUT2D eigenvalue weighted by molar-refractivity contribution is 0.0847. The molecule has 0 heterocycles. The molecule has 4 N–H and O–H groups in total. The highest BCUT2D eigenvalue weighted by Gasteiger charge is 2.24. The lowest BCUT2D eigenvalue weighted by Gasteiger charge is -2.27. The first-order chi connectivity index (χ1) is 7.90. The standard InChI is InChI=1S/C12H17FN2O2/c1-3-12(2,7-16)15-11(17)8-4-9(13)6-10(14)5-8/h4-6,16H,3,7,14H2,1-2H3,(H,15,17). The summed E-state index contributed by atoms with van der Waals surface area (Å²) in [6.45, 7) is 3.38. The fourth-order valence-corrected chi connectivity index (χ4v) is 1.33. The summed E-state index contributed by atoms with van der Waals surface area (Å²) in [6, 6.07) is 3.65. The van der Waals surface area contributed by atoms with E-state index in [4.69, 9.17) is 5.73 Å². The number of hydrogen-bond donors (Lipinski definition) is 3. The van der Waals surface area contributed by atoms with Crippen molar-refractivity contribution >= 4 is 11.6 Å². The van der Waals surface area contributed by atoms with Crippen LogP contribution < -0.4 is 11.1 Å². The number of benzene rings is 1. The van der Waals surface area contributed by atoms with Gasteiger partial charge in [-0.3, -0.25) is 4.79 Å². The molecule has 0 aliphatic heterocycles. The number of aliphatic hydroxyl groups excluding tert-OH is 1. The zero-order valence-electron chi connectivity index (χ0n) is 9.96. The van der Waals surface area contributed by atoms with Crippen LogP contribution >= 0.6 is 0 Å². The van der Waals surface area contributed by atoms with Gasteiger partial charge in [0.1, 0.15) is 5.82 Å². The molecule has 0 aliphatic rings. The van der Waals surface area contributed by atoms with Gasteiger partial charge < -0.3 is 16.2 Å². The maximum atomic E-state index is 13.1. The Morgan fingerprint density at radius 1 is 1.53 bits per heavy atom. The minimum absolute atomic E-state index is 0.149. The minimum atomic E-state index is -0.710. The molecule has 0 radical (unpaired) electrons. The molecule has 5 heteroatoms. The van der Waals surface area contributed by atoms with Crippen LogP contribution in [-0.4, -0.2) is 23.2 Å². The van der Waals surface area contributed by atoms with Crippen LogP contribution in [0.25, 0.3) is 0 Å². The molecule has 0 aromatic heterocycles. The van der Waals surface area contributed by atoms with Gasteiger partial charge in [-0.05, 0) is 31.5 Å². The topological polar surface area (TPSA) is 75.3 Å². The van der Waals surface area contributed by atoms with Crippen molar-refractivity contribution in [1.82, 2.24) is 5.32 Å². The zero-order valence-corrected chi connectivity index (χ0v) is 9.96. The van der Waals surface area contributed by atoms with Gasteiger partial charge in [-0.1, -0.05) is 6.92 Å². The smallest absolute Gasteiger partial charge is 0.251 e. The SMILES string of the molecule is CCC(C)(CO)NC(=O)c1cc(N)cc(F)c1. The third-order valence-electron chi connectivity index (χ3n) is 2.73.